The van der Waals surface area contributed by atoms with Crippen molar-refractivity contribution in [2.24, 2.45) is 9.98 Å². The summed E-state index contributed by atoms with van der Waals surface area (Å²) < 4.78 is 46.1. The molecule has 4 heterocycles. The van der Waals surface area contributed by atoms with Gasteiger partial charge in [-0.05, 0) is 54.3 Å². The number of methoxy groups -OCH3 is 2. The number of aliphatic imine (C=N–C) groups is 2. The second-order valence-corrected chi connectivity index (χ2v) is 17.7. The topological polar surface area (TPSA) is 247 Å². The summed E-state index contributed by atoms with van der Waals surface area (Å²) in [5.74, 6) is 6.91. The first-order valence-electron chi connectivity index (χ1n) is 24.5. The lowest BCUT2D eigenvalue weighted by molar-refractivity contribution is -0.122. The molecule has 7 rings (SSSR count). The van der Waals surface area contributed by atoms with Crippen LogP contribution in [0.15, 0.2) is 76.8 Å². The number of amides is 5. The Bertz CT molecular complexity index is 2600. The fourth-order valence-electron chi connectivity index (χ4n) is 8.47. The van der Waals surface area contributed by atoms with Crippen molar-refractivity contribution in [1.82, 2.24) is 25.8 Å². The van der Waals surface area contributed by atoms with Gasteiger partial charge in [0.05, 0.1) is 108 Å². The molecule has 0 saturated carbocycles. The number of benzene rings is 3. The second kappa shape index (κ2) is 27.5. The first-order chi connectivity index (χ1) is 36.4. The molecule has 4 N–H and O–H groups in total. The second-order valence-electron chi connectivity index (χ2n) is 17.7. The fraction of sp³-hybridized carbons (Fsp3) is 0.426. The van der Waals surface area contributed by atoms with E-state index in [-0.39, 0.29) is 81.5 Å². The van der Waals surface area contributed by atoms with Gasteiger partial charge in [-0.1, -0.05) is 36.1 Å². The zero-order valence-electron chi connectivity index (χ0n) is 42.2. The highest BCUT2D eigenvalue weighted by Gasteiger charge is 2.36. The molecule has 21 nitrogen and oxygen atoms in total. The largest absolute Gasteiger partial charge is 0.493 e. The third kappa shape index (κ3) is 15.9. The molecule has 0 unspecified atom stereocenters. The number of fused-ring (bicyclic) bond motifs is 4. The van der Waals surface area contributed by atoms with Crippen molar-refractivity contribution in [2.45, 2.75) is 51.0 Å². The van der Waals surface area contributed by atoms with Crippen molar-refractivity contribution in [3.05, 3.63) is 94.6 Å². The average Bonchev–Trinajstić information content (AvgIpc) is 3.91. The lowest BCUT2D eigenvalue weighted by atomic mass is 10.1. The zero-order chi connectivity index (χ0) is 53.1. The van der Waals surface area contributed by atoms with Gasteiger partial charge in [0.15, 0.2) is 23.0 Å². The van der Waals surface area contributed by atoms with Crippen LogP contribution in [0.5, 0.6) is 23.0 Å². The molecule has 2 atom stereocenters. The van der Waals surface area contributed by atoms with Gasteiger partial charge in [-0.15, -0.1) is 0 Å². The van der Waals surface area contributed by atoms with Gasteiger partial charge in [-0.25, -0.2) is 4.79 Å². The summed E-state index contributed by atoms with van der Waals surface area (Å²) in [6.07, 6.45) is 3.87. The van der Waals surface area contributed by atoms with E-state index >= 15 is 0 Å². The monoisotopic (exact) mass is 1030 g/mol. The highest BCUT2D eigenvalue weighted by atomic mass is 16.6. The summed E-state index contributed by atoms with van der Waals surface area (Å²) in [5, 5.41) is 16.1. The zero-order valence-corrected chi connectivity index (χ0v) is 42.2. The molecule has 398 valence electrons. The van der Waals surface area contributed by atoms with Crippen LogP contribution in [-0.2, 0) is 41.8 Å². The Morgan fingerprint density at radius 3 is 1.63 bits per heavy atom. The van der Waals surface area contributed by atoms with Gasteiger partial charge in [0.2, 0.25) is 11.8 Å². The van der Waals surface area contributed by atoms with Gasteiger partial charge in [0, 0.05) is 69.1 Å². The maximum atomic E-state index is 13.6. The molecule has 0 spiro atoms. The van der Waals surface area contributed by atoms with E-state index in [4.69, 9.17) is 43.0 Å². The van der Waals surface area contributed by atoms with Crippen molar-refractivity contribution in [3.8, 4) is 34.8 Å². The molecule has 3 aromatic carbocycles. The van der Waals surface area contributed by atoms with E-state index in [2.05, 4.69) is 50.9 Å². The summed E-state index contributed by atoms with van der Waals surface area (Å²) >= 11 is 0. The quantitative estimate of drug-likeness (QED) is 0.0466. The summed E-state index contributed by atoms with van der Waals surface area (Å²) in [6, 6.07) is 12.1. The molecule has 75 heavy (non-hydrogen) atoms. The third-order valence-electron chi connectivity index (χ3n) is 12.1. The van der Waals surface area contributed by atoms with Gasteiger partial charge in [0.1, 0.15) is 13.2 Å². The molecule has 4 aliphatic heterocycles. The highest BCUT2D eigenvalue weighted by molar-refractivity contribution is 6.05. The molecule has 2 fully saturated rings. The van der Waals surface area contributed by atoms with E-state index in [1.807, 2.05) is 18.2 Å². The third-order valence-corrected chi connectivity index (χ3v) is 12.1. The molecule has 0 bridgehead atoms. The van der Waals surface area contributed by atoms with E-state index < -0.39 is 6.09 Å². The van der Waals surface area contributed by atoms with Crippen molar-refractivity contribution >= 4 is 53.5 Å². The smallest absolute Gasteiger partial charge is 0.404 e. The summed E-state index contributed by atoms with van der Waals surface area (Å²) in [5.41, 5.74) is 5.84. The number of hydrogen-bond donors (Lipinski definition) is 4. The van der Waals surface area contributed by atoms with Gasteiger partial charge < -0.3 is 68.8 Å². The molecule has 2 saturated heterocycles. The number of hydrogen-bond acceptors (Lipinski definition) is 15. The molecule has 0 radical (unpaired) electrons. The molecular formula is C54H63N7O14. The van der Waals surface area contributed by atoms with Crippen LogP contribution in [0.1, 0.15) is 63.1 Å². The van der Waals surface area contributed by atoms with Gasteiger partial charge in [-0.3, -0.25) is 29.2 Å². The Balaban J connectivity index is 0.896. The molecule has 0 aliphatic carbocycles. The van der Waals surface area contributed by atoms with Crippen LogP contribution in [0, 0.1) is 11.8 Å². The van der Waals surface area contributed by atoms with Crippen LogP contribution >= 0.6 is 0 Å². The number of nitrogens with zero attached hydrogens (tertiary/aromatic N) is 4. The number of carboxylic acid groups (broad SMARTS) is 1. The number of carbonyl (C=O) groups is 5. The van der Waals surface area contributed by atoms with Crippen LogP contribution in [0.2, 0.25) is 0 Å². The molecular weight excluding hydrogens is 971 g/mol. The number of ether oxygens (including phenoxy) is 8. The van der Waals surface area contributed by atoms with Gasteiger partial charge >= 0.3 is 6.09 Å². The predicted octanol–water partition coefficient (Wildman–Crippen LogP) is 4.53. The van der Waals surface area contributed by atoms with E-state index in [0.29, 0.717) is 130 Å². The normalized spacial score (nSPS) is 16.2. The van der Waals surface area contributed by atoms with Crippen LogP contribution in [0.3, 0.4) is 0 Å². The predicted molar refractivity (Wildman–Crippen MR) is 276 cm³/mol. The van der Waals surface area contributed by atoms with E-state index in [0.717, 1.165) is 22.3 Å². The minimum Gasteiger partial charge on any atom is -0.493 e. The SMILES string of the molecule is C=C1C[C@H]2C=Nc3cc(OCc4cc(C#CCNC(=O)CCOCCOCCOCCOCCNC(=O)CCNC(=O)O)cc(COc5cc6c(cc5OC)C(=O)N5CC(=C)C[C@H]5C=N6)c4)c(OC)cc3C(=O)N2C1. The molecule has 5 amide bonds. The Labute approximate surface area is 435 Å². The van der Waals surface area contributed by atoms with Crippen molar-refractivity contribution in [2.75, 3.05) is 99.8 Å². The highest BCUT2D eigenvalue weighted by Crippen LogP contribution is 2.40. The number of nitrogens with one attached hydrogen (secondary N) is 3. The van der Waals surface area contributed by atoms with Gasteiger partial charge in [0.25, 0.3) is 11.8 Å². The lowest BCUT2D eigenvalue weighted by Crippen LogP contribution is -2.35. The Morgan fingerprint density at radius 2 is 1.12 bits per heavy atom. The van der Waals surface area contributed by atoms with Crippen molar-refractivity contribution in [3.63, 3.8) is 0 Å². The Morgan fingerprint density at radius 1 is 0.627 bits per heavy atom. The van der Waals surface area contributed by atoms with Crippen molar-refractivity contribution < 1.29 is 67.0 Å². The van der Waals surface area contributed by atoms with Crippen LogP contribution in [-0.4, -0.2) is 169 Å². The molecule has 4 aliphatic rings. The summed E-state index contributed by atoms with van der Waals surface area (Å²) in [4.78, 5) is 74.6. The average molecular weight is 1030 g/mol. The first-order valence-corrected chi connectivity index (χ1v) is 24.5. The Kier molecular flexibility index (Phi) is 20.2. The van der Waals surface area contributed by atoms with E-state index in [1.165, 1.54) is 14.2 Å². The number of carbonyl (C=O) groups excluding carboxylic acids is 4. The van der Waals surface area contributed by atoms with Crippen LogP contribution < -0.4 is 34.9 Å². The van der Waals surface area contributed by atoms with E-state index in [9.17, 15) is 24.0 Å². The number of rotatable bonds is 27. The Hall–Kier alpha value is -7.77. The van der Waals surface area contributed by atoms with Crippen LogP contribution in [0.4, 0.5) is 16.2 Å². The molecule has 21 heteroatoms. The maximum absolute atomic E-state index is 13.6. The summed E-state index contributed by atoms with van der Waals surface area (Å²) in [7, 11) is 3.03. The minimum atomic E-state index is -1.17. The molecule has 3 aromatic rings. The van der Waals surface area contributed by atoms with Crippen molar-refractivity contribution in [1.29, 1.82) is 0 Å². The lowest BCUT2D eigenvalue weighted by Gasteiger charge is -2.20. The summed E-state index contributed by atoms with van der Waals surface area (Å²) in [6.45, 7) is 12.2. The minimum absolute atomic E-state index is 0.0470. The first kappa shape index (κ1) is 55.0. The standard InChI is InChI=1S/C54H63N7O14/c1-35-20-40-29-58-44-27-48(46(68-3)25-42(44)52(64)60(40)31-35)74-33-38-22-37(23-39(24-38)34-75-49-28-45-43(26-47(49)69-4)53(65)61-32-36(2)21-41(61)30-59-45)6-5-9-55-51(63)8-12-70-14-16-72-18-19-73-17-15-71-13-11-56-50(62)7-10-57-54(66)67/h22-30,40-41,57H,1-2,7-21,31-34H2,3-4H3,(H,55,63)(H,56,62)(H,66,67)/t40-,41-/m0/s1. The fourth-order valence-corrected chi connectivity index (χ4v) is 8.47. The maximum Gasteiger partial charge on any atom is 0.404 e. The molecule has 0 aromatic heterocycles. The van der Waals surface area contributed by atoms with Crippen LogP contribution in [0.25, 0.3) is 0 Å². The van der Waals surface area contributed by atoms with Gasteiger partial charge in [-0.2, -0.15) is 0 Å². The van der Waals surface area contributed by atoms with E-state index in [1.54, 1.807) is 46.5 Å².